The smallest absolute Gasteiger partial charge is 0.271 e. The maximum atomic E-state index is 12.1. The summed E-state index contributed by atoms with van der Waals surface area (Å²) in [6.07, 6.45) is 0.0661. The standard InChI is InChI=1S/C19H20N4O3/c1-13(12-18(25)21-16-6-4-3-5-7-16)22-23-19(26)15-8-10-17(11-9-15)20-14(2)24/h3-11H,12H2,1-2H3,(H,20,24)(H,21,25)(H,23,26). The van der Waals surface area contributed by atoms with E-state index < -0.39 is 5.91 Å². The summed E-state index contributed by atoms with van der Waals surface area (Å²) in [5.74, 6) is -0.801. The fraction of sp³-hybridized carbons (Fsp3) is 0.158. The number of amides is 3. The normalized spacial score (nSPS) is 10.8. The maximum absolute atomic E-state index is 12.1. The first-order valence-corrected chi connectivity index (χ1v) is 8.00. The Labute approximate surface area is 151 Å². The Hall–Kier alpha value is -3.48. The molecule has 0 aromatic heterocycles. The van der Waals surface area contributed by atoms with E-state index >= 15 is 0 Å². The Morgan fingerprint density at radius 2 is 1.46 bits per heavy atom. The van der Waals surface area contributed by atoms with Crippen LogP contribution in [0.2, 0.25) is 0 Å². The van der Waals surface area contributed by atoms with E-state index in [1.54, 1.807) is 43.3 Å². The molecule has 0 radical (unpaired) electrons. The van der Waals surface area contributed by atoms with Gasteiger partial charge in [-0.1, -0.05) is 18.2 Å². The Morgan fingerprint density at radius 1 is 0.846 bits per heavy atom. The number of benzene rings is 2. The molecule has 0 aliphatic rings. The van der Waals surface area contributed by atoms with Crippen molar-refractivity contribution in [1.29, 1.82) is 0 Å². The second-order valence-electron chi connectivity index (χ2n) is 5.64. The first-order valence-electron chi connectivity index (χ1n) is 8.00. The van der Waals surface area contributed by atoms with Crippen molar-refractivity contribution in [1.82, 2.24) is 5.43 Å². The van der Waals surface area contributed by atoms with Crippen molar-refractivity contribution in [2.24, 2.45) is 5.10 Å². The van der Waals surface area contributed by atoms with E-state index in [9.17, 15) is 14.4 Å². The molecule has 2 aromatic carbocycles. The number of hydrogen-bond acceptors (Lipinski definition) is 4. The van der Waals surface area contributed by atoms with Crippen LogP contribution in [0.15, 0.2) is 59.7 Å². The molecule has 0 saturated heterocycles. The molecule has 2 rings (SSSR count). The molecule has 7 heteroatoms. The largest absolute Gasteiger partial charge is 0.326 e. The van der Waals surface area contributed by atoms with Crippen LogP contribution in [0.3, 0.4) is 0 Å². The lowest BCUT2D eigenvalue weighted by Gasteiger charge is -2.06. The topological polar surface area (TPSA) is 99.7 Å². The number of nitrogens with one attached hydrogen (secondary N) is 3. The van der Waals surface area contributed by atoms with Crippen LogP contribution in [0, 0.1) is 0 Å². The van der Waals surface area contributed by atoms with E-state index in [0.29, 0.717) is 22.6 Å². The minimum absolute atomic E-state index is 0.0661. The van der Waals surface area contributed by atoms with E-state index in [1.807, 2.05) is 18.2 Å². The summed E-state index contributed by atoms with van der Waals surface area (Å²) in [4.78, 5) is 34.9. The molecule has 0 bridgehead atoms. The number of nitrogens with zero attached hydrogens (tertiary/aromatic N) is 1. The van der Waals surface area contributed by atoms with Crippen molar-refractivity contribution in [2.75, 3.05) is 10.6 Å². The molecule has 3 N–H and O–H groups in total. The fourth-order valence-corrected chi connectivity index (χ4v) is 2.12. The molecule has 0 saturated carbocycles. The highest BCUT2D eigenvalue weighted by Crippen LogP contribution is 2.09. The van der Waals surface area contributed by atoms with Gasteiger partial charge in [-0.2, -0.15) is 5.10 Å². The lowest BCUT2D eigenvalue weighted by atomic mass is 10.2. The van der Waals surface area contributed by atoms with Gasteiger partial charge in [-0.3, -0.25) is 14.4 Å². The van der Waals surface area contributed by atoms with Crippen LogP contribution >= 0.6 is 0 Å². The van der Waals surface area contributed by atoms with Gasteiger partial charge in [0.05, 0.1) is 6.42 Å². The molecule has 0 heterocycles. The van der Waals surface area contributed by atoms with Gasteiger partial charge in [0.2, 0.25) is 11.8 Å². The minimum atomic E-state index is -0.401. The van der Waals surface area contributed by atoms with Gasteiger partial charge in [0.15, 0.2) is 0 Å². The van der Waals surface area contributed by atoms with E-state index in [0.717, 1.165) is 0 Å². The fourth-order valence-electron chi connectivity index (χ4n) is 2.12. The van der Waals surface area contributed by atoms with Gasteiger partial charge in [-0.15, -0.1) is 0 Å². The van der Waals surface area contributed by atoms with Crippen LogP contribution < -0.4 is 16.1 Å². The van der Waals surface area contributed by atoms with Crippen molar-refractivity contribution in [3.05, 3.63) is 60.2 Å². The number of rotatable bonds is 6. The average molecular weight is 352 g/mol. The molecule has 0 spiro atoms. The summed E-state index contributed by atoms with van der Waals surface area (Å²) in [6, 6.07) is 15.5. The number of anilines is 2. The van der Waals surface area contributed by atoms with Crippen molar-refractivity contribution in [2.45, 2.75) is 20.3 Å². The predicted octanol–water partition coefficient (Wildman–Crippen LogP) is 2.78. The SMILES string of the molecule is CC(=O)Nc1ccc(C(=O)NN=C(C)CC(=O)Nc2ccccc2)cc1. The average Bonchev–Trinajstić information content (AvgIpc) is 2.60. The van der Waals surface area contributed by atoms with Crippen LogP contribution in [0.25, 0.3) is 0 Å². The van der Waals surface area contributed by atoms with Crippen molar-refractivity contribution in [3.8, 4) is 0 Å². The van der Waals surface area contributed by atoms with Gasteiger partial charge in [-0.05, 0) is 43.3 Å². The summed E-state index contributed by atoms with van der Waals surface area (Å²) < 4.78 is 0. The summed E-state index contributed by atoms with van der Waals surface area (Å²) in [7, 11) is 0. The zero-order valence-electron chi connectivity index (χ0n) is 14.6. The number of para-hydroxylation sites is 1. The molecule has 0 aliphatic carbocycles. The predicted molar refractivity (Wildman–Crippen MR) is 101 cm³/mol. The van der Waals surface area contributed by atoms with Gasteiger partial charge < -0.3 is 10.6 Å². The van der Waals surface area contributed by atoms with E-state index in [-0.39, 0.29) is 18.2 Å². The molecule has 2 aromatic rings. The van der Waals surface area contributed by atoms with E-state index in [2.05, 4.69) is 21.2 Å². The third kappa shape index (κ3) is 6.20. The lowest BCUT2D eigenvalue weighted by molar-refractivity contribution is -0.115. The van der Waals surface area contributed by atoms with Crippen LogP contribution in [-0.4, -0.2) is 23.4 Å². The van der Waals surface area contributed by atoms with Crippen molar-refractivity contribution >= 4 is 34.8 Å². The molecule has 3 amide bonds. The number of carbonyl (C=O) groups is 3. The van der Waals surface area contributed by atoms with Gasteiger partial charge >= 0.3 is 0 Å². The first-order chi connectivity index (χ1) is 12.4. The second-order valence-corrected chi connectivity index (χ2v) is 5.64. The number of hydrogen-bond donors (Lipinski definition) is 3. The van der Waals surface area contributed by atoms with Gasteiger partial charge in [0.25, 0.3) is 5.91 Å². The Balaban J connectivity index is 1.86. The second kappa shape index (κ2) is 9.12. The summed E-state index contributed by atoms with van der Waals surface area (Å²) in [5.41, 5.74) is 4.58. The Kier molecular flexibility index (Phi) is 6.61. The monoisotopic (exact) mass is 352 g/mol. The minimum Gasteiger partial charge on any atom is -0.326 e. The quantitative estimate of drug-likeness (QED) is 0.550. The Morgan fingerprint density at radius 3 is 2.08 bits per heavy atom. The van der Waals surface area contributed by atoms with Crippen LogP contribution in [0.5, 0.6) is 0 Å². The molecule has 0 aliphatic heterocycles. The number of hydrazone groups is 1. The number of carbonyl (C=O) groups excluding carboxylic acids is 3. The molecular formula is C19H20N4O3. The van der Waals surface area contributed by atoms with Crippen LogP contribution in [-0.2, 0) is 9.59 Å². The third-order valence-electron chi connectivity index (χ3n) is 3.29. The lowest BCUT2D eigenvalue weighted by Crippen LogP contribution is -2.21. The highest BCUT2D eigenvalue weighted by Gasteiger charge is 2.07. The highest BCUT2D eigenvalue weighted by atomic mass is 16.2. The zero-order valence-corrected chi connectivity index (χ0v) is 14.6. The third-order valence-corrected chi connectivity index (χ3v) is 3.29. The Bertz CT molecular complexity index is 814. The first kappa shape index (κ1) is 18.9. The van der Waals surface area contributed by atoms with E-state index in [1.165, 1.54) is 6.92 Å². The molecule has 7 nitrogen and oxygen atoms in total. The van der Waals surface area contributed by atoms with E-state index in [4.69, 9.17) is 0 Å². The molecule has 0 unspecified atom stereocenters. The molecule has 134 valence electrons. The van der Waals surface area contributed by atoms with Crippen molar-refractivity contribution < 1.29 is 14.4 Å². The van der Waals surface area contributed by atoms with Crippen LogP contribution in [0.1, 0.15) is 30.6 Å². The highest BCUT2D eigenvalue weighted by molar-refractivity contribution is 6.06. The molecule has 0 atom stereocenters. The summed E-state index contributed by atoms with van der Waals surface area (Å²) >= 11 is 0. The van der Waals surface area contributed by atoms with Crippen molar-refractivity contribution in [3.63, 3.8) is 0 Å². The maximum Gasteiger partial charge on any atom is 0.271 e. The molecular weight excluding hydrogens is 332 g/mol. The van der Waals surface area contributed by atoms with Gasteiger partial charge in [0.1, 0.15) is 0 Å². The van der Waals surface area contributed by atoms with Gasteiger partial charge in [0, 0.05) is 29.6 Å². The summed E-state index contributed by atoms with van der Waals surface area (Å²) in [5, 5.41) is 9.31. The van der Waals surface area contributed by atoms with Crippen LogP contribution in [0.4, 0.5) is 11.4 Å². The molecule has 26 heavy (non-hydrogen) atoms. The summed E-state index contributed by atoms with van der Waals surface area (Å²) in [6.45, 7) is 3.07. The zero-order chi connectivity index (χ0) is 18.9. The molecule has 0 fully saturated rings. The van der Waals surface area contributed by atoms with Gasteiger partial charge in [-0.25, -0.2) is 5.43 Å².